The number of nitrogen functional groups attached to an aromatic ring is 2. The number of nitrogens with two attached hydrogens (primary N) is 3. The van der Waals surface area contributed by atoms with Gasteiger partial charge in [-0.1, -0.05) is 185 Å². The zero-order chi connectivity index (χ0) is 99.8. The first-order chi connectivity index (χ1) is 62.2. The van der Waals surface area contributed by atoms with Gasteiger partial charge in [0, 0.05) is 85.0 Å². The number of rotatable bonds is 55. The Balaban J connectivity index is 0. The van der Waals surface area contributed by atoms with Gasteiger partial charge < -0.3 is 100.0 Å². The Labute approximate surface area is 808 Å². The number of piperidine rings is 2. The van der Waals surface area contributed by atoms with E-state index in [0.717, 1.165) is 179 Å². The number of ether oxygens (including phenoxy) is 10. The summed E-state index contributed by atoms with van der Waals surface area (Å²) in [6.07, 6.45) is 24.2. The van der Waals surface area contributed by atoms with E-state index in [2.05, 4.69) is 208 Å². The lowest BCUT2D eigenvalue weighted by Crippen LogP contribution is -2.52. The van der Waals surface area contributed by atoms with Crippen molar-refractivity contribution in [2.24, 2.45) is 63.9 Å². The van der Waals surface area contributed by atoms with E-state index in [4.69, 9.17) is 81.3 Å². The van der Waals surface area contributed by atoms with Gasteiger partial charge in [-0.2, -0.15) is 0 Å². The summed E-state index contributed by atoms with van der Waals surface area (Å²) in [6.45, 7) is 63.1. The van der Waals surface area contributed by atoms with Crippen molar-refractivity contribution in [3.05, 3.63) is 76.6 Å². The molecule has 2 aliphatic heterocycles. The minimum atomic E-state index is -2.97. The van der Waals surface area contributed by atoms with Gasteiger partial charge in [-0.05, 0) is 251 Å². The predicted octanol–water partition coefficient (Wildman–Crippen LogP) is 19.1. The number of urea groups is 1. The highest BCUT2D eigenvalue weighted by atomic mass is 35.5. The van der Waals surface area contributed by atoms with Crippen LogP contribution in [0.1, 0.15) is 276 Å². The van der Waals surface area contributed by atoms with E-state index in [1.807, 2.05) is 32.9 Å². The molecule has 0 atom stereocenters. The molecule has 2 saturated heterocycles. The third kappa shape index (κ3) is 78.9. The number of aromatic nitrogens is 2. The van der Waals surface area contributed by atoms with E-state index in [1.54, 1.807) is 13.3 Å². The second kappa shape index (κ2) is 77.8. The van der Waals surface area contributed by atoms with Gasteiger partial charge in [0.1, 0.15) is 24.8 Å². The molecule has 31 heteroatoms. The Morgan fingerprint density at radius 1 is 0.553 bits per heavy atom. The SMILES string of the molecule is CC(C)CC1(CCc2ccccc2)CCN(C(=O)NC2CCN(C)CC2)CC1.CC(C)CC1(CO)CCC1.CC(C)CCCc1ccc(OCP(C)(C)=O)cc1.CC(C)CCNS(C)(=O)=O.CC(C)CCOCCOCCN.CC(C)CCOCCOCCNC(=O)OC(C)(C)C.CC(C)CCOCCOCCNC(=O)c1nc(Cl)c(N)nc1N.CCCOCCOCCC(C)C. The van der Waals surface area contributed by atoms with Crippen molar-refractivity contribution < 1.29 is 79.8 Å². The topological polar surface area (TPSA) is 373 Å². The van der Waals surface area contributed by atoms with Crippen LogP contribution in [0.3, 0.4) is 0 Å². The van der Waals surface area contributed by atoms with E-state index >= 15 is 0 Å². The van der Waals surface area contributed by atoms with E-state index in [0.29, 0.717) is 139 Å². The lowest BCUT2D eigenvalue weighted by Gasteiger charge is -2.43. The molecule has 1 aliphatic carbocycles. The molecule has 0 bridgehead atoms. The number of likely N-dealkylation sites (tertiary alicyclic amines) is 2. The fourth-order valence-electron chi connectivity index (χ4n) is 13.5. The fourth-order valence-corrected chi connectivity index (χ4v) is 14.6. The summed E-state index contributed by atoms with van der Waals surface area (Å²) in [5.74, 6) is 5.78. The van der Waals surface area contributed by atoms with Crippen LogP contribution in [0.5, 0.6) is 5.75 Å². The van der Waals surface area contributed by atoms with Crippen molar-refractivity contribution >= 4 is 58.4 Å². The molecule has 1 aromatic heterocycles. The number of aryl methyl sites for hydroxylation is 2. The number of halogens is 1. The minimum Gasteiger partial charge on any atom is -0.486 e. The molecule has 3 aliphatic rings. The maximum absolute atomic E-state index is 12.8. The molecule has 3 fully saturated rings. The zero-order valence-electron chi connectivity index (χ0n) is 87.2. The molecule has 0 radical (unpaired) electrons. The van der Waals surface area contributed by atoms with E-state index in [9.17, 15) is 27.4 Å². The van der Waals surface area contributed by atoms with Crippen molar-refractivity contribution in [3.63, 3.8) is 0 Å². The van der Waals surface area contributed by atoms with Crippen LogP contribution < -0.4 is 42.6 Å². The number of hydrogen-bond donors (Lipinski definition) is 8. The Kier molecular flexibility index (Phi) is 76.0. The molecular weight excluding hydrogens is 1740 g/mol. The number of hydrogen-bond acceptors (Lipinski definition) is 23. The van der Waals surface area contributed by atoms with Gasteiger partial charge >= 0.3 is 12.1 Å². The monoisotopic (exact) mass is 1930 g/mol. The van der Waals surface area contributed by atoms with Gasteiger partial charge in [0.25, 0.3) is 5.91 Å². The molecule has 3 heterocycles. The normalized spacial score (nSPS) is 14.3. The molecule has 0 unspecified atom stereocenters. The molecule has 11 N–H and O–H groups in total. The van der Waals surface area contributed by atoms with Crippen LogP contribution in [0.4, 0.5) is 21.2 Å². The number of anilines is 2. The lowest BCUT2D eigenvalue weighted by atomic mass is 9.65. The van der Waals surface area contributed by atoms with Crippen LogP contribution in [0.25, 0.3) is 0 Å². The lowest BCUT2D eigenvalue weighted by molar-refractivity contribution is 0.0245. The third-order valence-electron chi connectivity index (χ3n) is 21.2. The number of benzene rings is 2. The van der Waals surface area contributed by atoms with Crippen molar-refractivity contribution in [1.29, 1.82) is 0 Å². The van der Waals surface area contributed by atoms with Crippen LogP contribution in [-0.4, -0.2) is 261 Å². The number of aliphatic hydroxyl groups excluding tert-OH is 1. The number of sulfonamides is 1. The minimum absolute atomic E-state index is 0.0125. The van der Waals surface area contributed by atoms with Gasteiger partial charge in [0.05, 0.1) is 78.9 Å². The smallest absolute Gasteiger partial charge is 0.407 e. The quantitative estimate of drug-likeness (QED) is 0.0192. The third-order valence-corrected chi connectivity index (χ3v) is 23.0. The number of nitrogens with one attached hydrogen (secondary N) is 4. The van der Waals surface area contributed by atoms with Crippen LogP contribution in [0.15, 0.2) is 54.6 Å². The first kappa shape index (κ1) is 129. The molecule has 4 amide bonds. The summed E-state index contributed by atoms with van der Waals surface area (Å²) >= 11 is 5.72. The Morgan fingerprint density at radius 3 is 1.39 bits per heavy atom. The van der Waals surface area contributed by atoms with Gasteiger partial charge in [-0.3, -0.25) is 4.79 Å². The Morgan fingerprint density at radius 2 is 0.992 bits per heavy atom. The fraction of sp³-hybridized carbons (Fsp3) is 0.812. The van der Waals surface area contributed by atoms with Crippen LogP contribution >= 0.6 is 18.7 Å². The van der Waals surface area contributed by atoms with E-state index in [1.165, 1.54) is 68.7 Å². The first-order valence-electron chi connectivity index (χ1n) is 49.4. The van der Waals surface area contributed by atoms with Crippen LogP contribution in [-0.2, 0) is 70.1 Å². The molecular formula is C101H193ClN11O17PS. The van der Waals surface area contributed by atoms with Gasteiger partial charge in [0.15, 0.2) is 22.5 Å². The zero-order valence-corrected chi connectivity index (χ0v) is 89.6. The first-order valence-corrected chi connectivity index (χ1v) is 54.5. The van der Waals surface area contributed by atoms with E-state index in [-0.39, 0.29) is 28.5 Å². The second-order valence-corrected chi connectivity index (χ2v) is 45.7. The van der Waals surface area contributed by atoms with Crippen molar-refractivity contribution in [2.45, 2.75) is 279 Å². The maximum atomic E-state index is 12.8. The summed E-state index contributed by atoms with van der Waals surface area (Å²) in [4.78, 5) is 47.9. The van der Waals surface area contributed by atoms with Gasteiger partial charge in [0.2, 0.25) is 10.0 Å². The number of nitrogens with zero attached hydrogens (tertiary/aromatic N) is 4. The van der Waals surface area contributed by atoms with Crippen molar-refractivity contribution in [2.75, 3.05) is 209 Å². The summed E-state index contributed by atoms with van der Waals surface area (Å²) < 4.78 is 88.1. The van der Waals surface area contributed by atoms with Crippen LogP contribution in [0.2, 0.25) is 5.15 Å². The average molecular weight is 1930 g/mol. The Bertz CT molecular complexity index is 3410. The summed E-state index contributed by atoms with van der Waals surface area (Å²) in [7, 11) is -2.90. The molecule has 28 nitrogen and oxygen atoms in total. The number of alkyl carbamates (subject to hydrolysis) is 1. The number of aliphatic hydroxyl groups is 1. The predicted molar refractivity (Wildman–Crippen MR) is 547 cm³/mol. The number of amides is 4. The van der Waals surface area contributed by atoms with Crippen molar-refractivity contribution in [1.82, 2.24) is 40.4 Å². The largest absolute Gasteiger partial charge is 0.486 e. The molecule has 6 rings (SSSR count). The second-order valence-electron chi connectivity index (χ2n) is 40.1. The summed E-state index contributed by atoms with van der Waals surface area (Å²) in [6, 6.07) is 19.5. The number of carbonyl (C=O) groups excluding carboxylic acids is 3. The molecule has 3 aromatic rings. The molecule has 2 aromatic carbocycles. The molecule has 0 spiro atoms. The summed E-state index contributed by atoms with van der Waals surface area (Å²) in [5.41, 5.74) is 19.3. The molecule has 772 valence electrons. The Hall–Kier alpha value is -5.08. The highest BCUT2D eigenvalue weighted by Gasteiger charge is 2.38. The molecule has 1 saturated carbocycles. The van der Waals surface area contributed by atoms with Gasteiger partial charge in [-0.25, -0.2) is 32.7 Å². The summed E-state index contributed by atoms with van der Waals surface area (Å²) in [5, 5.41) is 17.6. The number of carbonyl (C=O) groups is 3. The highest BCUT2D eigenvalue weighted by Crippen LogP contribution is 2.45. The maximum Gasteiger partial charge on any atom is 0.407 e. The standard InChI is InChI=1S/C24H39N3O.C15H25O2P.C14H24ClN5O3.C14H29NO4.C10H22O2.C9H21NO2.C9H18O.C6H15NO2S/c1-20(2)19-24(12-9-21-7-5-4-6-8-21)13-17-27(18-14-24)23(28)25-22-10-15-26(3)16-11-22;1-13(2)6-5-7-14-8-10-15(11-9-14)17-12-18(3,4)16;1-9(2)3-5-22-7-8-23-6-4-18-14(21)10-12(16)20-13(17)11(15)19-10;1-12(2)6-8-17-10-11-18-9-7-15-13(16)19-14(3,4)5;1-4-6-11-8-9-12-7-5-10(2)3;1-9(2)3-5-11-7-8-12-6-4-10;1-8(2)6-9(7-10)4-3-5-9;1-6(2)4-5-7-10(3,8)9/h4-8,20,22H,9-19H2,1-3H3,(H,25,28);8-11,13H,5-7,12H2,1-4H3;9H,3-8H2,1-2H3,(H,18,21)(H4,16,17,20);12H,6-11H2,1-5H3,(H,15,16);10H,4-9H2,1-3H3;9H,3-8,10H2,1-2H3;8,10H,3-7H2,1-2H3;6-7H,4-5H2,1-3H3. The average Bonchev–Trinajstić information content (AvgIpc) is 0.826. The van der Waals surface area contributed by atoms with Crippen LogP contribution in [0, 0.1) is 58.2 Å². The van der Waals surface area contributed by atoms with Gasteiger partial charge in [-0.15, -0.1) is 0 Å². The molecule has 132 heavy (non-hydrogen) atoms. The van der Waals surface area contributed by atoms with Crippen molar-refractivity contribution in [3.8, 4) is 5.75 Å². The highest BCUT2D eigenvalue weighted by molar-refractivity contribution is 7.88. The van der Waals surface area contributed by atoms with E-state index < -0.39 is 34.8 Å².